The smallest absolute Gasteiger partial charge is 0.138 e. The Bertz CT molecular complexity index is 407. The lowest BCUT2D eigenvalue weighted by atomic mass is 10.2. The van der Waals surface area contributed by atoms with Gasteiger partial charge in [0.05, 0.1) is 10.6 Å². The Kier molecular flexibility index (Phi) is 5.67. The van der Waals surface area contributed by atoms with Crippen LogP contribution in [0.25, 0.3) is 0 Å². The highest BCUT2D eigenvalue weighted by Gasteiger charge is 2.21. The predicted octanol–water partition coefficient (Wildman–Crippen LogP) is 3.50. The molecule has 0 aromatic heterocycles. The number of ether oxygens (including phenoxy) is 2. The van der Waals surface area contributed by atoms with E-state index in [4.69, 9.17) is 9.47 Å². The maximum absolute atomic E-state index is 6.06. The number of nitrogens with one attached hydrogen (secondary N) is 1. The number of para-hydroxylation sites is 1. The average molecular weight is 328 g/mol. The summed E-state index contributed by atoms with van der Waals surface area (Å²) in [5, 5.41) is 3.53. The van der Waals surface area contributed by atoms with E-state index in [9.17, 15) is 0 Å². The van der Waals surface area contributed by atoms with E-state index in [0.29, 0.717) is 6.04 Å². The van der Waals surface area contributed by atoms with Gasteiger partial charge < -0.3 is 14.8 Å². The quantitative estimate of drug-likeness (QED) is 0.792. The van der Waals surface area contributed by atoms with Crippen LogP contribution in [-0.4, -0.2) is 25.9 Å². The Morgan fingerprint density at radius 1 is 1.42 bits per heavy atom. The van der Waals surface area contributed by atoms with Gasteiger partial charge in [0.1, 0.15) is 5.75 Å². The minimum atomic E-state index is 0.151. The van der Waals surface area contributed by atoms with E-state index in [1.54, 1.807) is 7.11 Å². The molecule has 1 atom stereocenters. The third kappa shape index (κ3) is 4.79. The van der Waals surface area contributed by atoms with Crippen molar-refractivity contribution in [3.05, 3.63) is 28.2 Å². The number of hydrogen-bond donors (Lipinski definition) is 1. The second kappa shape index (κ2) is 7.27. The Morgan fingerprint density at radius 3 is 2.89 bits per heavy atom. The molecule has 106 valence electrons. The van der Waals surface area contributed by atoms with Crippen LogP contribution in [0.2, 0.25) is 0 Å². The van der Waals surface area contributed by atoms with Gasteiger partial charge in [-0.15, -0.1) is 0 Å². The van der Waals surface area contributed by atoms with Crippen molar-refractivity contribution in [3.8, 4) is 5.75 Å². The summed E-state index contributed by atoms with van der Waals surface area (Å²) in [7, 11) is 1.72. The first kappa shape index (κ1) is 14.8. The molecule has 0 heterocycles. The van der Waals surface area contributed by atoms with Gasteiger partial charge in [0.2, 0.25) is 0 Å². The van der Waals surface area contributed by atoms with E-state index in [1.807, 2.05) is 6.07 Å². The fraction of sp³-hybridized carbons (Fsp3) is 0.600. The third-order valence-corrected chi connectivity index (χ3v) is 3.88. The number of benzene rings is 1. The highest BCUT2D eigenvalue weighted by Crippen LogP contribution is 2.31. The van der Waals surface area contributed by atoms with E-state index in [0.717, 1.165) is 29.8 Å². The van der Waals surface area contributed by atoms with Gasteiger partial charge >= 0.3 is 0 Å². The van der Waals surface area contributed by atoms with Crippen LogP contribution in [-0.2, 0) is 11.3 Å². The first-order valence-corrected chi connectivity index (χ1v) is 7.66. The Balaban J connectivity index is 1.98. The maximum Gasteiger partial charge on any atom is 0.138 e. The molecule has 1 aromatic carbocycles. The van der Waals surface area contributed by atoms with Gasteiger partial charge in [-0.25, -0.2) is 0 Å². The van der Waals surface area contributed by atoms with Gasteiger partial charge in [0.25, 0.3) is 0 Å². The molecule has 1 N–H and O–H groups in total. The van der Waals surface area contributed by atoms with Crippen molar-refractivity contribution in [1.29, 1.82) is 0 Å². The van der Waals surface area contributed by atoms with Gasteiger partial charge in [-0.2, -0.15) is 0 Å². The summed E-state index contributed by atoms with van der Waals surface area (Å²) in [6.07, 6.45) is 3.65. The molecule has 0 amide bonds. The SMILES string of the molecule is COCCC(C)Oc1c(Br)cccc1CNC1CC1. The summed E-state index contributed by atoms with van der Waals surface area (Å²) in [5.41, 5.74) is 1.21. The zero-order valence-electron chi connectivity index (χ0n) is 11.6. The molecule has 2 rings (SSSR count). The second-order valence-corrected chi connectivity index (χ2v) is 5.95. The molecule has 1 fully saturated rings. The average Bonchev–Trinajstić information content (AvgIpc) is 3.21. The molecule has 1 aliphatic rings. The molecule has 0 spiro atoms. The van der Waals surface area contributed by atoms with E-state index in [1.165, 1.54) is 18.4 Å². The lowest BCUT2D eigenvalue weighted by Crippen LogP contribution is -2.19. The van der Waals surface area contributed by atoms with Gasteiger partial charge in [0, 0.05) is 38.3 Å². The number of methoxy groups -OCH3 is 1. The second-order valence-electron chi connectivity index (χ2n) is 5.09. The zero-order chi connectivity index (χ0) is 13.7. The largest absolute Gasteiger partial charge is 0.489 e. The minimum Gasteiger partial charge on any atom is -0.489 e. The van der Waals surface area contributed by atoms with Gasteiger partial charge in [-0.3, -0.25) is 0 Å². The van der Waals surface area contributed by atoms with Crippen molar-refractivity contribution in [2.45, 2.75) is 44.9 Å². The molecular formula is C15H22BrNO2. The van der Waals surface area contributed by atoms with E-state index < -0.39 is 0 Å². The first-order valence-electron chi connectivity index (χ1n) is 6.87. The number of hydrogen-bond acceptors (Lipinski definition) is 3. The normalized spacial score (nSPS) is 16.4. The van der Waals surface area contributed by atoms with Crippen LogP contribution in [0.3, 0.4) is 0 Å². The van der Waals surface area contributed by atoms with Crippen LogP contribution in [0.4, 0.5) is 0 Å². The zero-order valence-corrected chi connectivity index (χ0v) is 13.2. The van der Waals surface area contributed by atoms with Crippen molar-refractivity contribution in [1.82, 2.24) is 5.32 Å². The van der Waals surface area contributed by atoms with Crippen LogP contribution in [0, 0.1) is 0 Å². The topological polar surface area (TPSA) is 30.5 Å². The maximum atomic E-state index is 6.06. The van der Waals surface area contributed by atoms with Crippen LogP contribution in [0.5, 0.6) is 5.75 Å². The summed E-state index contributed by atoms with van der Waals surface area (Å²) in [6, 6.07) is 6.91. The van der Waals surface area contributed by atoms with E-state index >= 15 is 0 Å². The summed E-state index contributed by atoms with van der Waals surface area (Å²) < 4.78 is 12.2. The standard InChI is InChI=1S/C15H22BrNO2/c1-11(8-9-18-2)19-15-12(4-3-5-14(15)16)10-17-13-6-7-13/h3-5,11,13,17H,6-10H2,1-2H3. The summed E-state index contributed by atoms with van der Waals surface area (Å²) >= 11 is 3.58. The van der Waals surface area contributed by atoms with Crippen LogP contribution in [0.1, 0.15) is 31.7 Å². The molecule has 0 radical (unpaired) electrons. The van der Waals surface area contributed by atoms with Crippen molar-refractivity contribution in [2.75, 3.05) is 13.7 Å². The third-order valence-electron chi connectivity index (χ3n) is 3.25. The van der Waals surface area contributed by atoms with Crippen molar-refractivity contribution in [3.63, 3.8) is 0 Å². The van der Waals surface area contributed by atoms with Gasteiger partial charge in [-0.05, 0) is 41.8 Å². The Hall–Kier alpha value is -0.580. The fourth-order valence-corrected chi connectivity index (χ4v) is 2.41. The monoisotopic (exact) mass is 327 g/mol. The molecule has 1 aliphatic carbocycles. The van der Waals surface area contributed by atoms with Crippen molar-refractivity contribution in [2.24, 2.45) is 0 Å². The molecule has 1 saturated carbocycles. The molecule has 1 aromatic rings. The highest BCUT2D eigenvalue weighted by atomic mass is 79.9. The molecule has 0 bridgehead atoms. The molecule has 4 heteroatoms. The molecule has 0 aliphatic heterocycles. The van der Waals surface area contributed by atoms with Gasteiger partial charge in [-0.1, -0.05) is 12.1 Å². The summed E-state index contributed by atoms with van der Waals surface area (Å²) in [4.78, 5) is 0. The minimum absolute atomic E-state index is 0.151. The Labute approximate surface area is 123 Å². The summed E-state index contributed by atoms with van der Waals surface area (Å²) in [5.74, 6) is 0.958. The summed E-state index contributed by atoms with van der Waals surface area (Å²) in [6.45, 7) is 3.67. The molecule has 19 heavy (non-hydrogen) atoms. The van der Waals surface area contributed by atoms with E-state index in [-0.39, 0.29) is 6.10 Å². The van der Waals surface area contributed by atoms with Crippen molar-refractivity contribution >= 4 is 15.9 Å². The van der Waals surface area contributed by atoms with E-state index in [2.05, 4.69) is 40.3 Å². The predicted molar refractivity (Wildman–Crippen MR) is 80.6 cm³/mol. The van der Waals surface area contributed by atoms with Crippen LogP contribution < -0.4 is 10.1 Å². The van der Waals surface area contributed by atoms with Crippen molar-refractivity contribution < 1.29 is 9.47 Å². The number of halogens is 1. The highest BCUT2D eigenvalue weighted by molar-refractivity contribution is 9.10. The number of rotatable bonds is 8. The Morgan fingerprint density at radius 2 is 2.21 bits per heavy atom. The molecule has 0 saturated heterocycles. The molecule has 1 unspecified atom stereocenters. The lowest BCUT2D eigenvalue weighted by Gasteiger charge is -2.19. The fourth-order valence-electron chi connectivity index (χ4n) is 1.91. The molecule has 3 nitrogen and oxygen atoms in total. The van der Waals surface area contributed by atoms with Crippen LogP contribution in [0.15, 0.2) is 22.7 Å². The molecular weight excluding hydrogens is 306 g/mol. The van der Waals surface area contributed by atoms with Crippen LogP contribution >= 0.6 is 15.9 Å². The van der Waals surface area contributed by atoms with Gasteiger partial charge in [0.15, 0.2) is 0 Å². The first-order chi connectivity index (χ1) is 9.20. The lowest BCUT2D eigenvalue weighted by molar-refractivity contribution is 0.134.